The molecule has 0 amide bonds. The molecule has 0 bridgehead atoms. The highest BCUT2D eigenvalue weighted by atomic mass is 35.5. The third kappa shape index (κ3) is 5.63. The lowest BCUT2D eigenvalue weighted by molar-refractivity contribution is -0.0527. The molecule has 1 aliphatic heterocycles. The summed E-state index contributed by atoms with van der Waals surface area (Å²) in [7, 11) is -7.30. The Morgan fingerprint density at radius 2 is 2.03 bits per heavy atom. The average molecular weight is 573 g/mol. The highest BCUT2D eigenvalue weighted by Crippen LogP contribution is 2.55. The lowest BCUT2D eigenvalue weighted by atomic mass is 10.1. The van der Waals surface area contributed by atoms with E-state index < -0.39 is 46.1 Å². The molecule has 5 rings (SSSR count). The van der Waals surface area contributed by atoms with E-state index in [9.17, 15) is 19.1 Å². The van der Waals surface area contributed by atoms with E-state index >= 15 is 0 Å². The predicted molar refractivity (Wildman–Crippen MR) is 136 cm³/mol. The molecule has 2 aliphatic rings. The topological polar surface area (TPSA) is 167 Å². The van der Waals surface area contributed by atoms with Gasteiger partial charge in [-0.25, -0.2) is 9.67 Å². The van der Waals surface area contributed by atoms with Crippen LogP contribution in [0, 0.1) is 0 Å². The van der Waals surface area contributed by atoms with Gasteiger partial charge >= 0.3 is 15.2 Å². The van der Waals surface area contributed by atoms with Crippen molar-refractivity contribution in [1.29, 1.82) is 0 Å². The average Bonchev–Trinajstić information content (AvgIpc) is 3.51. The molecule has 200 valence electrons. The Morgan fingerprint density at radius 3 is 2.78 bits per heavy atom. The summed E-state index contributed by atoms with van der Waals surface area (Å²) >= 11 is 6.40. The molecule has 1 aromatic carbocycles. The van der Waals surface area contributed by atoms with Crippen LogP contribution in [0.25, 0.3) is 11.0 Å². The molecule has 15 heteroatoms. The van der Waals surface area contributed by atoms with Gasteiger partial charge in [0.15, 0.2) is 17.8 Å². The molecular weight excluding hydrogens is 546 g/mol. The van der Waals surface area contributed by atoms with Gasteiger partial charge in [0.2, 0.25) is 0 Å². The van der Waals surface area contributed by atoms with Crippen LogP contribution in [-0.2, 0) is 24.8 Å². The van der Waals surface area contributed by atoms with Crippen LogP contribution in [-0.4, -0.2) is 66.3 Å². The lowest BCUT2D eigenvalue weighted by Gasteiger charge is -2.28. The van der Waals surface area contributed by atoms with Crippen LogP contribution in [0.1, 0.15) is 36.2 Å². The van der Waals surface area contributed by atoms with Crippen molar-refractivity contribution in [2.24, 2.45) is 0 Å². The van der Waals surface area contributed by atoms with Gasteiger partial charge in [0.1, 0.15) is 11.3 Å². The quantitative estimate of drug-likeness (QED) is 0.231. The van der Waals surface area contributed by atoms with Crippen molar-refractivity contribution < 1.29 is 38.2 Å². The molecular formula is C22H27ClN4O8P2. The largest absolute Gasteiger partial charge is 0.388 e. The Balaban J connectivity index is 1.37. The zero-order valence-corrected chi connectivity index (χ0v) is 22.3. The fourth-order valence-corrected chi connectivity index (χ4v) is 7.86. The van der Waals surface area contributed by atoms with Crippen molar-refractivity contribution >= 4 is 43.5 Å². The van der Waals surface area contributed by atoms with Gasteiger partial charge in [-0.15, -0.1) is 0 Å². The molecule has 2 aromatic heterocycles. The van der Waals surface area contributed by atoms with Gasteiger partial charge in [-0.05, 0) is 30.0 Å². The van der Waals surface area contributed by atoms with Crippen molar-refractivity contribution in [1.82, 2.24) is 14.8 Å². The maximum absolute atomic E-state index is 12.0. The van der Waals surface area contributed by atoms with Crippen LogP contribution in [0.4, 0.5) is 5.69 Å². The van der Waals surface area contributed by atoms with E-state index in [0.29, 0.717) is 11.0 Å². The number of rotatable bonds is 8. The third-order valence-electron chi connectivity index (χ3n) is 6.69. The molecule has 37 heavy (non-hydrogen) atoms. The molecule has 0 radical (unpaired) electrons. The van der Waals surface area contributed by atoms with Crippen molar-refractivity contribution in [3.05, 3.63) is 52.8 Å². The number of hydrogen-bond donors (Lipinski definition) is 4. The van der Waals surface area contributed by atoms with Gasteiger partial charge in [0.05, 0.1) is 36.0 Å². The molecule has 2 unspecified atom stereocenters. The number of benzene rings is 1. The minimum Gasteiger partial charge on any atom is -0.388 e. The predicted octanol–water partition coefficient (Wildman–Crippen LogP) is 3.19. The van der Waals surface area contributed by atoms with Gasteiger partial charge in [-0.3, -0.25) is 9.13 Å². The van der Waals surface area contributed by atoms with E-state index in [-0.39, 0.29) is 17.6 Å². The first kappa shape index (κ1) is 26.7. The number of fused-ring (bicyclic) bond motifs is 2. The van der Waals surface area contributed by atoms with Crippen molar-refractivity contribution in [2.45, 2.75) is 43.7 Å². The SMILES string of the molecule is CN(c1cc(Cl)nc2c1cnn2[C@@H]1O[C@H](COP(=O)(O)CP(=O)(O)O)CC1O)[C@H]1CCc2ccccc21. The van der Waals surface area contributed by atoms with E-state index in [4.69, 9.17) is 30.6 Å². The van der Waals surface area contributed by atoms with Gasteiger partial charge in [-0.1, -0.05) is 35.9 Å². The first-order chi connectivity index (χ1) is 17.4. The highest BCUT2D eigenvalue weighted by Gasteiger charge is 2.39. The smallest absolute Gasteiger partial charge is 0.340 e. The molecule has 1 fully saturated rings. The number of ether oxygens (including phenoxy) is 1. The number of halogens is 1. The Morgan fingerprint density at radius 1 is 1.27 bits per heavy atom. The van der Waals surface area contributed by atoms with Crippen molar-refractivity contribution in [3.63, 3.8) is 0 Å². The number of aliphatic hydroxyl groups excluding tert-OH is 1. The van der Waals surface area contributed by atoms with Crippen LogP contribution in [0.5, 0.6) is 0 Å². The Hall–Kier alpha value is -1.85. The van der Waals surface area contributed by atoms with Crippen LogP contribution in [0.2, 0.25) is 5.15 Å². The van der Waals surface area contributed by atoms with Crippen molar-refractivity contribution in [3.8, 4) is 0 Å². The number of aliphatic hydroxyl groups is 1. The molecule has 0 saturated carbocycles. The number of aryl methyl sites for hydroxylation is 1. The Labute approximate surface area is 217 Å². The minimum absolute atomic E-state index is 0.0497. The van der Waals surface area contributed by atoms with Crippen LogP contribution in [0.3, 0.4) is 0 Å². The van der Waals surface area contributed by atoms with Gasteiger partial charge < -0.3 is 33.9 Å². The summed E-state index contributed by atoms with van der Waals surface area (Å²) in [4.78, 5) is 34.2. The number of aromatic nitrogens is 3. The normalized spacial score (nSPS) is 25.4. The van der Waals surface area contributed by atoms with E-state index in [1.807, 2.05) is 19.2 Å². The Kier molecular flexibility index (Phi) is 7.25. The monoisotopic (exact) mass is 572 g/mol. The molecule has 3 heterocycles. The summed E-state index contributed by atoms with van der Waals surface area (Å²) in [5.74, 6) is -1.30. The summed E-state index contributed by atoms with van der Waals surface area (Å²) < 4.78 is 35.1. The van der Waals surface area contributed by atoms with E-state index in [1.165, 1.54) is 15.8 Å². The van der Waals surface area contributed by atoms with Crippen LogP contribution >= 0.6 is 26.8 Å². The summed E-state index contributed by atoms with van der Waals surface area (Å²) in [6, 6.07) is 10.3. The maximum atomic E-state index is 12.0. The minimum atomic E-state index is -4.75. The molecule has 5 atom stereocenters. The summed E-state index contributed by atoms with van der Waals surface area (Å²) in [6.45, 7) is -0.441. The number of anilines is 1. The highest BCUT2D eigenvalue weighted by molar-refractivity contribution is 7.70. The molecule has 0 spiro atoms. The van der Waals surface area contributed by atoms with Gasteiger partial charge in [-0.2, -0.15) is 5.10 Å². The fraction of sp³-hybridized carbons (Fsp3) is 0.455. The molecule has 12 nitrogen and oxygen atoms in total. The summed E-state index contributed by atoms with van der Waals surface area (Å²) in [5.41, 5.74) is 3.81. The van der Waals surface area contributed by atoms with Gasteiger partial charge in [0, 0.05) is 13.5 Å². The first-order valence-electron chi connectivity index (χ1n) is 11.6. The van der Waals surface area contributed by atoms with E-state index in [2.05, 4.69) is 27.1 Å². The number of hydrogen-bond acceptors (Lipinski definition) is 8. The van der Waals surface area contributed by atoms with Crippen LogP contribution < -0.4 is 4.90 Å². The second kappa shape index (κ2) is 10.0. The second-order valence-electron chi connectivity index (χ2n) is 9.35. The maximum Gasteiger partial charge on any atom is 0.340 e. The second-order valence-corrected chi connectivity index (χ2v) is 13.7. The summed E-state index contributed by atoms with van der Waals surface area (Å²) in [5, 5.41) is 16.0. The van der Waals surface area contributed by atoms with Crippen molar-refractivity contribution in [2.75, 3.05) is 24.5 Å². The molecule has 3 aromatic rings. The molecule has 1 saturated heterocycles. The zero-order valence-electron chi connectivity index (χ0n) is 19.8. The molecule has 4 N–H and O–H groups in total. The first-order valence-corrected chi connectivity index (χ1v) is 15.5. The van der Waals surface area contributed by atoms with Crippen LogP contribution in [0.15, 0.2) is 36.5 Å². The van der Waals surface area contributed by atoms with E-state index in [1.54, 1.807) is 12.3 Å². The third-order valence-corrected chi connectivity index (χ3v) is 10.3. The van der Waals surface area contributed by atoms with Gasteiger partial charge in [0.25, 0.3) is 0 Å². The molecule has 1 aliphatic carbocycles. The lowest BCUT2D eigenvalue weighted by Crippen LogP contribution is -2.23. The zero-order chi connectivity index (χ0) is 26.5. The standard InChI is InChI=1S/C22H27ClN4O8P2/c1-26(17-7-6-13-4-2-3-5-15(13)17)18-9-20(23)25-21-16(18)10-24-27(21)22-19(28)8-14(35-22)11-34-37(32,33)12-36(29,30)31/h2-5,9-10,14,17,19,22,28H,6-8,11-12H2,1H3,(H,32,33)(H2,29,30,31)/t14-,17-,19?,22+/m0/s1. The number of pyridine rings is 1. The van der Waals surface area contributed by atoms with E-state index in [0.717, 1.165) is 18.5 Å². The Bertz CT molecular complexity index is 1410. The summed E-state index contributed by atoms with van der Waals surface area (Å²) in [6.07, 6.45) is 0.790. The number of nitrogens with zero attached hydrogens (tertiary/aromatic N) is 4. The fourth-order valence-electron chi connectivity index (χ4n) is 5.09.